The van der Waals surface area contributed by atoms with Gasteiger partial charge in [0.2, 0.25) is 0 Å². The number of esters is 1. The molecule has 0 aliphatic carbocycles. The third-order valence-electron chi connectivity index (χ3n) is 2.43. The number of carbonyl (C=O) groups is 1. The zero-order valence-corrected chi connectivity index (χ0v) is 13.1. The van der Waals surface area contributed by atoms with Crippen molar-refractivity contribution >= 4 is 38.3 Å². The number of nitrogens with zero attached hydrogens (tertiary/aromatic N) is 1. The van der Waals surface area contributed by atoms with E-state index in [-0.39, 0.29) is 6.61 Å². The van der Waals surface area contributed by atoms with E-state index in [0.29, 0.717) is 17.6 Å². The van der Waals surface area contributed by atoms with Crippen molar-refractivity contribution in [3.05, 3.63) is 35.7 Å². The number of benzene rings is 1. The van der Waals surface area contributed by atoms with Crippen molar-refractivity contribution in [1.82, 2.24) is 4.98 Å². The second-order valence-electron chi connectivity index (χ2n) is 3.94. The Morgan fingerprint density at radius 2 is 2.24 bits per heavy atom. The summed E-state index contributed by atoms with van der Waals surface area (Å²) < 4.78 is 22.9. The van der Waals surface area contributed by atoms with Crippen LogP contribution < -0.4 is 4.74 Å². The van der Waals surface area contributed by atoms with E-state index in [1.807, 2.05) is 24.3 Å². The van der Waals surface area contributed by atoms with Gasteiger partial charge in [0.05, 0.1) is 22.6 Å². The predicted molar refractivity (Wildman–Crippen MR) is 83.9 cm³/mol. The third-order valence-corrected chi connectivity index (χ3v) is 4.38. The normalized spacial score (nSPS) is 12.6. The molecule has 7 heteroatoms. The first-order chi connectivity index (χ1) is 10.2. The molecule has 0 spiro atoms. The number of hydrogen-bond acceptors (Lipinski definition) is 6. The maximum absolute atomic E-state index is 11.6. The van der Waals surface area contributed by atoms with Gasteiger partial charge in [-0.05, 0) is 19.1 Å². The summed E-state index contributed by atoms with van der Waals surface area (Å²) in [5.74, 6) is -0.191. The van der Waals surface area contributed by atoms with E-state index in [1.165, 1.54) is 22.8 Å². The number of rotatable bonds is 7. The largest absolute Gasteiger partial charge is 0.469 e. The SMILES string of the molecule is CCOC(=O)/C=C/S(=O)CCOc1nc2ccccc2s1. The minimum atomic E-state index is -1.27. The summed E-state index contributed by atoms with van der Waals surface area (Å²) >= 11 is 1.45. The summed E-state index contributed by atoms with van der Waals surface area (Å²) in [7, 11) is -1.27. The zero-order chi connectivity index (χ0) is 15.1. The Hall–Kier alpha value is -1.73. The molecular weight excluding hydrogens is 310 g/mol. The molecule has 2 rings (SSSR count). The Kier molecular flexibility index (Phi) is 5.89. The molecule has 1 atom stereocenters. The Labute approximate surface area is 129 Å². The molecule has 21 heavy (non-hydrogen) atoms. The van der Waals surface area contributed by atoms with Crippen LogP contribution in [0.1, 0.15) is 6.92 Å². The minimum Gasteiger partial charge on any atom is -0.469 e. The van der Waals surface area contributed by atoms with Crippen LogP contribution in [0.5, 0.6) is 5.19 Å². The highest BCUT2D eigenvalue weighted by Crippen LogP contribution is 2.27. The highest BCUT2D eigenvalue weighted by atomic mass is 32.2. The second-order valence-corrected chi connectivity index (χ2v) is 6.37. The van der Waals surface area contributed by atoms with Gasteiger partial charge < -0.3 is 9.47 Å². The first kappa shape index (κ1) is 15.7. The number of para-hydroxylation sites is 1. The number of aromatic nitrogens is 1. The fourth-order valence-corrected chi connectivity index (χ4v) is 3.00. The molecule has 0 N–H and O–H groups in total. The Balaban J connectivity index is 1.78. The quantitative estimate of drug-likeness (QED) is 0.578. The molecule has 0 aliphatic rings. The van der Waals surface area contributed by atoms with Gasteiger partial charge in [-0.25, -0.2) is 9.78 Å². The molecule has 112 valence electrons. The molecule has 5 nitrogen and oxygen atoms in total. The minimum absolute atomic E-state index is 0.277. The van der Waals surface area contributed by atoms with Gasteiger partial charge in [0.1, 0.15) is 6.61 Å². The Morgan fingerprint density at radius 3 is 3.00 bits per heavy atom. The van der Waals surface area contributed by atoms with Gasteiger partial charge in [0, 0.05) is 22.3 Å². The molecule has 2 aromatic rings. The maximum atomic E-state index is 11.6. The predicted octanol–water partition coefficient (Wildman–Crippen LogP) is 2.50. The highest BCUT2D eigenvalue weighted by molar-refractivity contribution is 7.88. The lowest BCUT2D eigenvalue weighted by Gasteiger charge is -1.99. The van der Waals surface area contributed by atoms with Crippen LogP contribution in [0.4, 0.5) is 0 Å². The van der Waals surface area contributed by atoms with Gasteiger partial charge in [-0.1, -0.05) is 23.5 Å². The first-order valence-corrected chi connectivity index (χ1v) is 8.59. The molecule has 0 radical (unpaired) electrons. The third kappa shape index (κ3) is 4.95. The standard InChI is InChI=1S/C14H15NO4S2/c1-2-18-13(16)7-9-21(17)10-8-19-14-15-11-5-3-4-6-12(11)20-14/h3-7,9H,2,8,10H2,1H3/b9-7+. The molecule has 1 aromatic heterocycles. The molecule has 0 fully saturated rings. The lowest BCUT2D eigenvalue weighted by atomic mass is 10.3. The van der Waals surface area contributed by atoms with Crippen molar-refractivity contribution in [1.29, 1.82) is 0 Å². The summed E-state index contributed by atoms with van der Waals surface area (Å²) in [6.45, 7) is 2.30. The summed E-state index contributed by atoms with van der Waals surface area (Å²) in [5.41, 5.74) is 0.890. The van der Waals surface area contributed by atoms with Crippen LogP contribution in [-0.2, 0) is 20.3 Å². The fourth-order valence-electron chi connectivity index (χ4n) is 1.51. The van der Waals surface area contributed by atoms with Gasteiger partial charge in [-0.15, -0.1) is 0 Å². The van der Waals surface area contributed by atoms with Crippen molar-refractivity contribution in [2.24, 2.45) is 0 Å². The lowest BCUT2D eigenvalue weighted by Crippen LogP contribution is -2.07. The average Bonchev–Trinajstić information content (AvgIpc) is 2.88. The van der Waals surface area contributed by atoms with Crippen LogP contribution in [0.15, 0.2) is 35.7 Å². The van der Waals surface area contributed by atoms with Crippen LogP contribution in [0.2, 0.25) is 0 Å². The van der Waals surface area contributed by atoms with Crippen LogP contribution in [0.25, 0.3) is 10.2 Å². The molecule has 1 unspecified atom stereocenters. The topological polar surface area (TPSA) is 65.5 Å². The van der Waals surface area contributed by atoms with Crippen LogP contribution in [-0.4, -0.2) is 34.1 Å². The number of ether oxygens (including phenoxy) is 2. The smallest absolute Gasteiger partial charge is 0.331 e. The van der Waals surface area contributed by atoms with Gasteiger partial charge in [0.25, 0.3) is 5.19 Å². The second kappa shape index (κ2) is 7.90. The molecule has 0 saturated carbocycles. The van der Waals surface area contributed by atoms with Crippen molar-refractivity contribution in [2.45, 2.75) is 6.92 Å². The van der Waals surface area contributed by atoms with Crippen molar-refractivity contribution < 1.29 is 18.5 Å². The zero-order valence-electron chi connectivity index (χ0n) is 11.5. The van der Waals surface area contributed by atoms with Gasteiger partial charge in [-0.3, -0.25) is 4.21 Å². The molecule has 0 aliphatic heterocycles. The van der Waals surface area contributed by atoms with E-state index in [9.17, 15) is 9.00 Å². The highest BCUT2D eigenvalue weighted by Gasteiger charge is 2.04. The van der Waals surface area contributed by atoms with Gasteiger partial charge in [-0.2, -0.15) is 0 Å². The van der Waals surface area contributed by atoms with Crippen molar-refractivity contribution in [3.63, 3.8) is 0 Å². The lowest BCUT2D eigenvalue weighted by molar-refractivity contribution is -0.137. The summed E-state index contributed by atoms with van der Waals surface area (Å²) in [4.78, 5) is 15.4. The monoisotopic (exact) mass is 325 g/mol. The maximum Gasteiger partial charge on any atom is 0.331 e. The van der Waals surface area contributed by atoms with E-state index >= 15 is 0 Å². The molecular formula is C14H15NO4S2. The van der Waals surface area contributed by atoms with Crippen molar-refractivity contribution in [2.75, 3.05) is 19.0 Å². The summed E-state index contributed by atoms with van der Waals surface area (Å²) in [6, 6.07) is 7.75. The molecule has 0 saturated heterocycles. The van der Waals surface area contributed by atoms with Gasteiger partial charge in [0.15, 0.2) is 0 Å². The van der Waals surface area contributed by atoms with E-state index in [1.54, 1.807) is 6.92 Å². The summed E-state index contributed by atoms with van der Waals surface area (Å²) in [5, 5.41) is 1.88. The molecule has 1 aromatic carbocycles. The summed E-state index contributed by atoms with van der Waals surface area (Å²) in [6.07, 6.45) is 1.18. The average molecular weight is 325 g/mol. The fraction of sp³-hybridized carbons (Fsp3) is 0.286. The van der Waals surface area contributed by atoms with Gasteiger partial charge >= 0.3 is 5.97 Å². The van der Waals surface area contributed by atoms with E-state index < -0.39 is 16.8 Å². The Bertz CT molecular complexity index is 633. The van der Waals surface area contributed by atoms with Crippen LogP contribution in [0, 0.1) is 0 Å². The van der Waals surface area contributed by atoms with Crippen LogP contribution >= 0.6 is 11.3 Å². The van der Waals surface area contributed by atoms with E-state index in [0.717, 1.165) is 10.2 Å². The number of carbonyl (C=O) groups excluding carboxylic acids is 1. The number of thiazole rings is 1. The van der Waals surface area contributed by atoms with E-state index in [2.05, 4.69) is 4.98 Å². The molecule has 0 bridgehead atoms. The number of hydrogen-bond donors (Lipinski definition) is 0. The number of fused-ring (bicyclic) bond motifs is 1. The molecule has 1 heterocycles. The Morgan fingerprint density at radius 1 is 1.43 bits per heavy atom. The van der Waals surface area contributed by atoms with Crippen LogP contribution in [0.3, 0.4) is 0 Å². The first-order valence-electron chi connectivity index (χ1n) is 6.39. The van der Waals surface area contributed by atoms with E-state index in [4.69, 9.17) is 9.47 Å². The van der Waals surface area contributed by atoms with Crippen molar-refractivity contribution in [3.8, 4) is 5.19 Å². The molecule has 0 amide bonds.